The summed E-state index contributed by atoms with van der Waals surface area (Å²) in [5.74, 6) is -0.0236. The molecule has 0 aromatic heterocycles. The van der Waals surface area contributed by atoms with Crippen LogP contribution in [0.4, 0.5) is 0 Å². The highest BCUT2D eigenvalue weighted by molar-refractivity contribution is 5.72. The number of allylic oxidation sites excluding steroid dienone is 1. The lowest BCUT2D eigenvalue weighted by atomic mass is 9.92. The number of esters is 1. The van der Waals surface area contributed by atoms with Crippen molar-refractivity contribution in [2.24, 2.45) is 11.8 Å². The molecule has 1 unspecified atom stereocenters. The molecule has 0 saturated heterocycles. The van der Waals surface area contributed by atoms with Crippen molar-refractivity contribution < 1.29 is 28.5 Å². The van der Waals surface area contributed by atoms with Gasteiger partial charge >= 0.3 is 5.97 Å². The van der Waals surface area contributed by atoms with Crippen LogP contribution in [-0.2, 0) is 35.1 Å². The number of cyclic esters (lactones) is 1. The van der Waals surface area contributed by atoms with Gasteiger partial charge in [0.25, 0.3) is 0 Å². The third kappa shape index (κ3) is 10.4. The Balaban J connectivity index is 1.87. The lowest BCUT2D eigenvalue weighted by Gasteiger charge is -2.26. The Kier molecular flexibility index (Phi) is 12.5. The van der Waals surface area contributed by atoms with Crippen molar-refractivity contribution in [2.75, 3.05) is 33.7 Å². The van der Waals surface area contributed by atoms with E-state index in [1.807, 2.05) is 43.3 Å². The fraction of sp³-hybridized carbons (Fsp3) is 0.640. The molecular formula is C25H38O6. The van der Waals surface area contributed by atoms with E-state index in [2.05, 4.69) is 13.0 Å². The molecule has 1 aromatic carbocycles. The molecule has 0 saturated carbocycles. The lowest BCUT2D eigenvalue weighted by Crippen LogP contribution is -2.29. The van der Waals surface area contributed by atoms with Crippen LogP contribution in [-0.4, -0.2) is 51.9 Å². The lowest BCUT2D eigenvalue weighted by molar-refractivity contribution is -0.155. The summed E-state index contributed by atoms with van der Waals surface area (Å²) < 4.78 is 28.0. The van der Waals surface area contributed by atoms with Gasteiger partial charge in [-0.05, 0) is 43.2 Å². The summed E-state index contributed by atoms with van der Waals surface area (Å²) in [7, 11) is 1.65. The summed E-state index contributed by atoms with van der Waals surface area (Å²) in [4.78, 5) is 12.6. The first-order valence-electron chi connectivity index (χ1n) is 11.3. The van der Waals surface area contributed by atoms with Gasteiger partial charge in [0.15, 0.2) is 0 Å². The van der Waals surface area contributed by atoms with Crippen LogP contribution >= 0.6 is 0 Å². The van der Waals surface area contributed by atoms with E-state index in [9.17, 15) is 4.79 Å². The fourth-order valence-electron chi connectivity index (χ4n) is 3.46. The molecule has 0 bridgehead atoms. The van der Waals surface area contributed by atoms with Gasteiger partial charge in [-0.3, -0.25) is 4.79 Å². The van der Waals surface area contributed by atoms with Crippen LogP contribution in [0.1, 0.15) is 45.1 Å². The van der Waals surface area contributed by atoms with Crippen LogP contribution < -0.4 is 0 Å². The van der Waals surface area contributed by atoms with E-state index in [0.717, 1.165) is 24.8 Å². The highest BCUT2D eigenvalue weighted by atomic mass is 16.7. The third-order valence-corrected chi connectivity index (χ3v) is 5.52. The van der Waals surface area contributed by atoms with Gasteiger partial charge < -0.3 is 23.7 Å². The van der Waals surface area contributed by atoms with E-state index >= 15 is 0 Å². The van der Waals surface area contributed by atoms with Gasteiger partial charge in [0.05, 0.1) is 38.4 Å². The molecule has 0 N–H and O–H groups in total. The van der Waals surface area contributed by atoms with Crippen molar-refractivity contribution in [3.05, 3.63) is 48.0 Å². The second kappa shape index (κ2) is 15.1. The minimum absolute atomic E-state index is 0.0515. The van der Waals surface area contributed by atoms with Crippen LogP contribution in [0.5, 0.6) is 0 Å². The van der Waals surface area contributed by atoms with Gasteiger partial charge in [0.2, 0.25) is 0 Å². The van der Waals surface area contributed by atoms with Crippen molar-refractivity contribution >= 4 is 5.97 Å². The smallest absolute Gasteiger partial charge is 0.309 e. The molecule has 1 aliphatic heterocycles. The maximum absolute atomic E-state index is 12.6. The average Bonchev–Trinajstić information content (AvgIpc) is 2.77. The highest BCUT2D eigenvalue weighted by Gasteiger charge is 2.24. The SMILES string of the molecule is COCCOCOC1CC[C@H](C)C(=O)O[C@H](COCc2ccccc2)/C=C/CC[C@@H]1C. The van der Waals surface area contributed by atoms with Crippen LogP contribution in [0.15, 0.2) is 42.5 Å². The van der Waals surface area contributed by atoms with Crippen molar-refractivity contribution in [1.29, 1.82) is 0 Å². The maximum atomic E-state index is 12.6. The summed E-state index contributed by atoms with van der Waals surface area (Å²) in [6.45, 7) is 6.27. The fourth-order valence-corrected chi connectivity index (χ4v) is 3.46. The molecule has 0 aliphatic carbocycles. The molecule has 0 fully saturated rings. The van der Waals surface area contributed by atoms with Crippen LogP contribution in [0.2, 0.25) is 0 Å². The Morgan fingerprint density at radius 3 is 2.61 bits per heavy atom. The predicted molar refractivity (Wildman–Crippen MR) is 119 cm³/mol. The third-order valence-electron chi connectivity index (χ3n) is 5.52. The number of benzene rings is 1. The topological polar surface area (TPSA) is 63.2 Å². The number of hydrogen-bond acceptors (Lipinski definition) is 6. The molecule has 6 heteroatoms. The van der Waals surface area contributed by atoms with Gasteiger partial charge in [-0.2, -0.15) is 0 Å². The molecule has 6 nitrogen and oxygen atoms in total. The number of carbonyl (C=O) groups excluding carboxylic acids is 1. The summed E-state index contributed by atoms with van der Waals surface area (Å²) in [5, 5.41) is 0. The number of carbonyl (C=O) groups is 1. The van der Waals surface area contributed by atoms with E-state index in [1.165, 1.54) is 0 Å². The van der Waals surface area contributed by atoms with Crippen molar-refractivity contribution in [1.82, 2.24) is 0 Å². The Labute approximate surface area is 186 Å². The number of methoxy groups -OCH3 is 1. The second-order valence-corrected chi connectivity index (χ2v) is 8.16. The monoisotopic (exact) mass is 434 g/mol. The van der Waals surface area contributed by atoms with Crippen molar-refractivity contribution in [3.8, 4) is 0 Å². The minimum atomic E-state index is -0.366. The van der Waals surface area contributed by atoms with E-state index in [0.29, 0.717) is 38.8 Å². The first-order chi connectivity index (χ1) is 15.1. The average molecular weight is 435 g/mol. The Morgan fingerprint density at radius 1 is 1.03 bits per heavy atom. The standard InChI is InChI=1S/C25H38O6/c1-20-9-7-8-12-23(18-29-17-22-10-5-4-6-11-22)31-25(26)21(2)13-14-24(20)30-19-28-16-15-27-3/h4-6,8,10-12,20-21,23-24H,7,9,13-19H2,1-3H3/b12-8+/t20-,21-,23-,24?/m0/s1. The molecule has 4 atom stereocenters. The molecule has 0 radical (unpaired) electrons. The normalized spacial score (nSPS) is 26.5. The number of rotatable bonds is 10. The largest absolute Gasteiger partial charge is 0.455 e. The quantitative estimate of drug-likeness (QED) is 0.233. The Bertz CT molecular complexity index is 632. The summed E-state index contributed by atoms with van der Waals surface area (Å²) >= 11 is 0. The van der Waals surface area contributed by atoms with E-state index < -0.39 is 0 Å². The van der Waals surface area contributed by atoms with E-state index in [1.54, 1.807) is 7.11 Å². The number of hydrogen-bond donors (Lipinski definition) is 0. The van der Waals surface area contributed by atoms with Crippen LogP contribution in [0.3, 0.4) is 0 Å². The number of ether oxygens (including phenoxy) is 5. The van der Waals surface area contributed by atoms with Gasteiger partial charge in [-0.15, -0.1) is 0 Å². The zero-order valence-electron chi connectivity index (χ0n) is 19.2. The molecule has 2 rings (SSSR count). The predicted octanol–water partition coefficient (Wildman–Crippen LogP) is 4.52. The summed E-state index contributed by atoms with van der Waals surface area (Å²) in [6.07, 6.45) is 7.13. The zero-order valence-corrected chi connectivity index (χ0v) is 19.2. The van der Waals surface area contributed by atoms with E-state index in [4.69, 9.17) is 23.7 Å². The van der Waals surface area contributed by atoms with Gasteiger partial charge in [-0.1, -0.05) is 50.3 Å². The summed E-state index contributed by atoms with van der Waals surface area (Å²) in [5.41, 5.74) is 1.10. The minimum Gasteiger partial charge on any atom is -0.455 e. The molecule has 0 amide bonds. The van der Waals surface area contributed by atoms with Gasteiger partial charge in [0, 0.05) is 7.11 Å². The van der Waals surface area contributed by atoms with Crippen LogP contribution in [0.25, 0.3) is 0 Å². The Morgan fingerprint density at radius 2 is 1.84 bits per heavy atom. The van der Waals surface area contributed by atoms with Gasteiger partial charge in [0.1, 0.15) is 12.9 Å². The molecule has 1 aromatic rings. The van der Waals surface area contributed by atoms with Crippen molar-refractivity contribution in [2.45, 2.75) is 58.3 Å². The van der Waals surface area contributed by atoms with Gasteiger partial charge in [-0.25, -0.2) is 0 Å². The van der Waals surface area contributed by atoms with Crippen molar-refractivity contribution in [3.63, 3.8) is 0 Å². The summed E-state index contributed by atoms with van der Waals surface area (Å²) in [6, 6.07) is 9.99. The maximum Gasteiger partial charge on any atom is 0.309 e. The first kappa shape index (κ1) is 25.5. The molecule has 31 heavy (non-hydrogen) atoms. The molecular weight excluding hydrogens is 396 g/mol. The zero-order chi connectivity index (χ0) is 22.3. The molecule has 1 aliphatic rings. The molecule has 174 valence electrons. The highest BCUT2D eigenvalue weighted by Crippen LogP contribution is 2.23. The van der Waals surface area contributed by atoms with E-state index in [-0.39, 0.29) is 30.9 Å². The first-order valence-corrected chi connectivity index (χ1v) is 11.3. The Hall–Kier alpha value is -1.73. The molecule has 0 spiro atoms. The van der Waals surface area contributed by atoms with Crippen LogP contribution in [0, 0.1) is 11.8 Å². The second-order valence-electron chi connectivity index (χ2n) is 8.16. The molecule has 1 heterocycles.